The first kappa shape index (κ1) is 19.0. The highest BCUT2D eigenvalue weighted by molar-refractivity contribution is 8.15. The molecule has 2 aromatic carbocycles. The molecule has 27 heavy (non-hydrogen) atoms. The third-order valence-electron chi connectivity index (χ3n) is 4.09. The van der Waals surface area contributed by atoms with E-state index >= 15 is 0 Å². The highest BCUT2D eigenvalue weighted by Crippen LogP contribution is 2.28. The summed E-state index contributed by atoms with van der Waals surface area (Å²) in [5, 5.41) is 8.86. The molecular formula is C20H21N3O3S. The molecule has 7 heteroatoms. The number of amidine groups is 1. The van der Waals surface area contributed by atoms with Crippen molar-refractivity contribution in [1.29, 1.82) is 0 Å². The molecule has 1 atom stereocenters. The van der Waals surface area contributed by atoms with Gasteiger partial charge in [-0.2, -0.15) is 5.10 Å². The lowest BCUT2D eigenvalue weighted by Gasteiger charge is -2.15. The van der Waals surface area contributed by atoms with Crippen LogP contribution in [0.2, 0.25) is 0 Å². The van der Waals surface area contributed by atoms with Crippen molar-refractivity contribution < 1.29 is 14.3 Å². The van der Waals surface area contributed by atoms with Crippen LogP contribution in [0, 0.1) is 0 Å². The van der Waals surface area contributed by atoms with E-state index in [1.54, 1.807) is 25.3 Å². The molecule has 0 aromatic heterocycles. The van der Waals surface area contributed by atoms with Crippen LogP contribution in [0.5, 0.6) is 11.5 Å². The normalized spacial score (nSPS) is 18.5. The van der Waals surface area contributed by atoms with Crippen molar-refractivity contribution >= 4 is 29.1 Å². The molecule has 6 nitrogen and oxygen atoms in total. The van der Waals surface area contributed by atoms with Crippen molar-refractivity contribution in [2.75, 3.05) is 14.2 Å². The Bertz CT molecular complexity index is 848. The monoisotopic (exact) mass is 383 g/mol. The predicted molar refractivity (Wildman–Crippen MR) is 109 cm³/mol. The largest absolute Gasteiger partial charge is 0.497 e. The van der Waals surface area contributed by atoms with E-state index in [0.717, 1.165) is 22.6 Å². The second-order valence-corrected chi connectivity index (χ2v) is 7.24. The van der Waals surface area contributed by atoms with Crippen LogP contribution < -0.4 is 9.47 Å². The van der Waals surface area contributed by atoms with Crippen LogP contribution in [0.3, 0.4) is 0 Å². The summed E-state index contributed by atoms with van der Waals surface area (Å²) in [6.07, 6.45) is 1.66. The number of thioether (sulfide) groups is 1. The van der Waals surface area contributed by atoms with Crippen LogP contribution in [0.15, 0.2) is 58.7 Å². The molecule has 0 spiro atoms. The summed E-state index contributed by atoms with van der Waals surface area (Å²) in [7, 11) is 3.25. The minimum atomic E-state index is -0.168. The Labute approximate surface area is 162 Å². The van der Waals surface area contributed by atoms with Crippen molar-refractivity contribution in [2.24, 2.45) is 10.2 Å². The van der Waals surface area contributed by atoms with Crippen LogP contribution in [0.25, 0.3) is 0 Å². The van der Waals surface area contributed by atoms with Crippen LogP contribution in [0.1, 0.15) is 18.1 Å². The average molecular weight is 383 g/mol. The van der Waals surface area contributed by atoms with Gasteiger partial charge in [0, 0.05) is 0 Å². The molecule has 0 unspecified atom stereocenters. The zero-order chi connectivity index (χ0) is 19.2. The lowest BCUT2D eigenvalue weighted by Crippen LogP contribution is -2.30. The molecule has 3 rings (SSSR count). The first-order valence-corrected chi connectivity index (χ1v) is 9.34. The quantitative estimate of drug-likeness (QED) is 0.565. The summed E-state index contributed by atoms with van der Waals surface area (Å²) in [6.45, 7) is 2.33. The topological polar surface area (TPSA) is 63.5 Å². The summed E-state index contributed by atoms with van der Waals surface area (Å²) >= 11 is 1.42. The van der Waals surface area contributed by atoms with Gasteiger partial charge in [0.2, 0.25) is 5.91 Å². The van der Waals surface area contributed by atoms with Gasteiger partial charge in [-0.1, -0.05) is 23.9 Å². The number of nitrogens with zero attached hydrogens (tertiary/aromatic N) is 3. The molecule has 1 aliphatic rings. The molecule has 2 aromatic rings. The van der Waals surface area contributed by atoms with E-state index in [9.17, 15) is 4.79 Å². The number of ether oxygens (including phenoxy) is 2. The van der Waals surface area contributed by atoms with Gasteiger partial charge in [0.1, 0.15) is 11.5 Å². The minimum absolute atomic E-state index is 0.0363. The van der Waals surface area contributed by atoms with Crippen molar-refractivity contribution in [1.82, 2.24) is 4.90 Å². The first-order valence-electron chi connectivity index (χ1n) is 8.46. The Morgan fingerprint density at radius 1 is 1.04 bits per heavy atom. The number of rotatable bonds is 6. The summed E-state index contributed by atoms with van der Waals surface area (Å²) < 4.78 is 10.3. The number of methoxy groups -OCH3 is 2. The number of amides is 1. The number of carbonyl (C=O) groups is 1. The fourth-order valence-corrected chi connectivity index (χ4v) is 3.48. The fraction of sp³-hybridized carbons (Fsp3) is 0.250. The second kappa shape index (κ2) is 8.73. The zero-order valence-electron chi connectivity index (χ0n) is 15.5. The highest BCUT2D eigenvalue weighted by Gasteiger charge is 2.35. The van der Waals surface area contributed by atoms with Gasteiger partial charge >= 0.3 is 0 Å². The van der Waals surface area contributed by atoms with Gasteiger partial charge in [0.15, 0.2) is 5.17 Å². The molecule has 1 saturated heterocycles. The van der Waals surface area contributed by atoms with Gasteiger partial charge in [0.05, 0.1) is 32.2 Å². The molecule has 1 amide bonds. The molecule has 140 valence electrons. The van der Waals surface area contributed by atoms with E-state index in [4.69, 9.17) is 9.47 Å². The van der Waals surface area contributed by atoms with E-state index in [1.165, 1.54) is 11.8 Å². The Hall–Kier alpha value is -2.80. The average Bonchev–Trinajstić information content (AvgIpc) is 2.97. The number of benzene rings is 2. The first-order chi connectivity index (χ1) is 13.1. The van der Waals surface area contributed by atoms with Crippen molar-refractivity contribution in [2.45, 2.75) is 18.7 Å². The Morgan fingerprint density at radius 3 is 2.22 bits per heavy atom. The van der Waals surface area contributed by atoms with Gasteiger partial charge in [-0.15, -0.1) is 5.10 Å². The SMILES string of the molecule is COc1ccc(/C=N\N=C2\S[C@@H](C)C(=O)N2Cc2ccc(OC)cc2)cc1. The molecule has 0 saturated carbocycles. The molecule has 0 N–H and O–H groups in total. The zero-order valence-corrected chi connectivity index (χ0v) is 16.3. The van der Waals surface area contributed by atoms with E-state index in [2.05, 4.69) is 10.2 Å². The summed E-state index contributed by atoms with van der Waals surface area (Å²) in [5.74, 6) is 1.61. The molecule has 1 fully saturated rings. The lowest BCUT2D eigenvalue weighted by molar-refractivity contribution is -0.126. The van der Waals surface area contributed by atoms with E-state index in [1.807, 2.05) is 55.5 Å². The standard InChI is InChI=1S/C20H21N3O3S/c1-14-19(24)23(13-16-6-10-18(26-3)11-7-16)20(27-14)22-21-12-15-4-8-17(25-2)9-5-15/h4-12,14H,13H2,1-3H3/b21-12-,22-20+/t14-/m0/s1. The molecule has 1 aliphatic heterocycles. The Kier molecular flexibility index (Phi) is 6.13. The number of hydrogen-bond acceptors (Lipinski definition) is 6. The van der Waals surface area contributed by atoms with Crippen molar-refractivity contribution in [3.05, 3.63) is 59.7 Å². The smallest absolute Gasteiger partial charge is 0.242 e. The third kappa shape index (κ3) is 4.68. The second-order valence-electron chi connectivity index (χ2n) is 5.93. The van der Waals surface area contributed by atoms with Crippen LogP contribution in [-0.4, -0.2) is 41.7 Å². The number of hydrogen-bond donors (Lipinski definition) is 0. The maximum Gasteiger partial charge on any atom is 0.242 e. The van der Waals surface area contributed by atoms with Crippen LogP contribution in [0.4, 0.5) is 0 Å². The van der Waals surface area contributed by atoms with Gasteiger partial charge in [-0.3, -0.25) is 9.69 Å². The summed E-state index contributed by atoms with van der Waals surface area (Å²) in [4.78, 5) is 14.1. The highest BCUT2D eigenvalue weighted by atomic mass is 32.2. The fourth-order valence-electron chi connectivity index (χ4n) is 2.56. The summed E-state index contributed by atoms with van der Waals surface area (Å²) in [5.41, 5.74) is 1.91. The predicted octanol–water partition coefficient (Wildman–Crippen LogP) is 3.56. The van der Waals surface area contributed by atoms with E-state index in [-0.39, 0.29) is 11.2 Å². The molecule has 1 heterocycles. The van der Waals surface area contributed by atoms with Crippen molar-refractivity contribution in [3.8, 4) is 11.5 Å². The maximum atomic E-state index is 12.5. The summed E-state index contributed by atoms with van der Waals surface area (Å²) in [6, 6.07) is 15.2. The molecular weight excluding hydrogens is 362 g/mol. The van der Waals surface area contributed by atoms with E-state index in [0.29, 0.717) is 11.7 Å². The van der Waals surface area contributed by atoms with Gasteiger partial charge < -0.3 is 9.47 Å². The molecule has 0 radical (unpaired) electrons. The maximum absolute atomic E-state index is 12.5. The van der Waals surface area contributed by atoms with Crippen molar-refractivity contribution in [3.63, 3.8) is 0 Å². The molecule has 0 aliphatic carbocycles. The number of carbonyl (C=O) groups excluding carboxylic acids is 1. The minimum Gasteiger partial charge on any atom is -0.497 e. The van der Waals surface area contributed by atoms with Gasteiger partial charge in [0.25, 0.3) is 0 Å². The Morgan fingerprint density at radius 2 is 1.63 bits per heavy atom. The van der Waals surface area contributed by atoms with Gasteiger partial charge in [-0.05, 0) is 54.4 Å². The Balaban J connectivity index is 1.73. The van der Waals surface area contributed by atoms with E-state index < -0.39 is 0 Å². The third-order valence-corrected chi connectivity index (χ3v) is 5.16. The lowest BCUT2D eigenvalue weighted by atomic mass is 10.2. The van der Waals surface area contributed by atoms with Crippen LogP contribution in [-0.2, 0) is 11.3 Å². The van der Waals surface area contributed by atoms with Gasteiger partial charge in [-0.25, -0.2) is 0 Å². The molecule has 0 bridgehead atoms. The van der Waals surface area contributed by atoms with Crippen LogP contribution >= 0.6 is 11.8 Å².